The lowest BCUT2D eigenvalue weighted by Crippen LogP contribution is -2.40. The van der Waals surface area contributed by atoms with Crippen LogP contribution in [-0.2, 0) is 4.79 Å². The van der Waals surface area contributed by atoms with E-state index in [9.17, 15) is 4.79 Å². The number of hydrogen-bond acceptors (Lipinski definition) is 1. The summed E-state index contributed by atoms with van der Waals surface area (Å²) in [6, 6.07) is 0. The molecule has 0 N–H and O–H groups in total. The van der Waals surface area contributed by atoms with Crippen LogP contribution in [0.4, 0.5) is 0 Å². The Labute approximate surface area is 182 Å². The highest BCUT2D eigenvalue weighted by Gasteiger charge is 2.51. The Hall–Kier alpha value is -0.590. The lowest BCUT2D eigenvalue weighted by Gasteiger charge is -2.50. The Morgan fingerprint density at radius 1 is 0.966 bits per heavy atom. The molecule has 0 heterocycles. The van der Waals surface area contributed by atoms with Gasteiger partial charge in [-0.15, -0.1) is 0 Å². The molecule has 0 aromatic rings. The number of carbonyl (C=O) groups is 1. The highest BCUT2D eigenvalue weighted by molar-refractivity contribution is 5.88. The first kappa shape index (κ1) is 24.7. The normalized spacial score (nSPS) is 38.7. The fraction of sp³-hybridized carbons (Fsp3) is 0.893. The van der Waals surface area contributed by atoms with Crippen LogP contribution in [0, 0.1) is 34.0 Å². The van der Waals surface area contributed by atoms with Gasteiger partial charge in [0.1, 0.15) is 0 Å². The summed E-state index contributed by atoms with van der Waals surface area (Å²) in [5.41, 5.74) is 1.60. The summed E-state index contributed by atoms with van der Waals surface area (Å²) in [5, 5.41) is 0. The van der Waals surface area contributed by atoms with Crippen molar-refractivity contribution in [3.8, 4) is 0 Å². The van der Waals surface area contributed by atoms with Gasteiger partial charge in [0, 0.05) is 6.42 Å². The van der Waals surface area contributed by atoms with Gasteiger partial charge in [-0.25, -0.2) is 0 Å². The zero-order chi connectivity index (χ0) is 20.4. The van der Waals surface area contributed by atoms with Crippen LogP contribution in [0.25, 0.3) is 0 Å². The molecule has 0 bridgehead atoms. The van der Waals surface area contributed by atoms with E-state index >= 15 is 0 Å². The van der Waals surface area contributed by atoms with E-state index in [2.05, 4.69) is 34.3 Å². The van der Waals surface area contributed by atoms with E-state index in [1.54, 1.807) is 0 Å². The van der Waals surface area contributed by atoms with Gasteiger partial charge in [-0.2, -0.15) is 0 Å². The van der Waals surface area contributed by atoms with Crippen molar-refractivity contribution in [2.45, 2.75) is 125 Å². The van der Waals surface area contributed by atoms with E-state index in [0.717, 1.165) is 24.2 Å². The predicted octanol–water partition coefficient (Wildman–Crippen LogP) is 8.77. The summed E-state index contributed by atoms with van der Waals surface area (Å²) in [4.78, 5) is 11.6. The van der Waals surface area contributed by atoms with Gasteiger partial charge in [0.05, 0.1) is 0 Å². The molecule has 0 spiro atoms. The molecule has 5 unspecified atom stereocenters. The third kappa shape index (κ3) is 5.01. The number of hydrogen-bond donors (Lipinski definition) is 0. The van der Waals surface area contributed by atoms with Crippen molar-refractivity contribution in [1.82, 2.24) is 0 Å². The van der Waals surface area contributed by atoms with E-state index in [4.69, 9.17) is 0 Å². The molecule has 3 aliphatic carbocycles. The molecular weight excluding hydrogens is 352 g/mol. The third-order valence-corrected chi connectivity index (χ3v) is 10.1. The van der Waals surface area contributed by atoms with Gasteiger partial charge in [-0.05, 0) is 97.9 Å². The minimum atomic E-state index is 0. The van der Waals surface area contributed by atoms with Gasteiger partial charge in [-0.3, -0.25) is 4.79 Å². The van der Waals surface area contributed by atoms with E-state index in [0.29, 0.717) is 22.7 Å². The Balaban J connectivity index is 0.00000300. The lowest BCUT2D eigenvalue weighted by atomic mass is 9.55. The van der Waals surface area contributed by atoms with E-state index in [-0.39, 0.29) is 13.2 Å². The Bertz CT molecular complexity index is 561. The standard InChI is InChI=1S/C27H46O.CH4/c1-6-23(28)13-9-12-22-14-15-24-21(11-10-19-27(22,24)5)16-20-26(4)18-8-7-17-25(26,2)3;/h6,21-22,24H,1,7-20H2,2-5H3;1H4. The largest absolute Gasteiger partial charge is 0.295 e. The second kappa shape index (κ2) is 9.69. The zero-order valence-corrected chi connectivity index (χ0v) is 19.3. The van der Waals surface area contributed by atoms with E-state index in [1.165, 1.54) is 83.1 Å². The van der Waals surface area contributed by atoms with Crippen LogP contribution in [0.2, 0.25) is 0 Å². The molecule has 0 aromatic carbocycles. The number of ketones is 1. The Kier molecular flexibility index (Phi) is 8.25. The maximum atomic E-state index is 11.6. The fourth-order valence-electron chi connectivity index (χ4n) is 7.59. The molecule has 0 radical (unpaired) electrons. The Morgan fingerprint density at radius 2 is 1.69 bits per heavy atom. The summed E-state index contributed by atoms with van der Waals surface area (Å²) in [5.74, 6) is 2.97. The monoisotopic (exact) mass is 402 g/mol. The van der Waals surface area contributed by atoms with Gasteiger partial charge in [0.15, 0.2) is 5.78 Å². The summed E-state index contributed by atoms with van der Waals surface area (Å²) < 4.78 is 0. The maximum absolute atomic E-state index is 11.6. The Morgan fingerprint density at radius 3 is 2.38 bits per heavy atom. The molecule has 1 heteroatoms. The van der Waals surface area contributed by atoms with Crippen LogP contribution in [0.15, 0.2) is 12.7 Å². The first-order chi connectivity index (χ1) is 13.2. The average Bonchev–Trinajstić information content (AvgIpc) is 2.99. The van der Waals surface area contributed by atoms with Crippen molar-refractivity contribution < 1.29 is 4.79 Å². The molecule has 3 fully saturated rings. The lowest BCUT2D eigenvalue weighted by molar-refractivity contribution is -0.114. The first-order valence-electron chi connectivity index (χ1n) is 12.4. The van der Waals surface area contributed by atoms with Crippen LogP contribution in [0.3, 0.4) is 0 Å². The fourth-order valence-corrected chi connectivity index (χ4v) is 7.59. The second-order valence-electron chi connectivity index (χ2n) is 11.8. The molecule has 3 saturated carbocycles. The number of carbonyl (C=O) groups excluding carboxylic acids is 1. The topological polar surface area (TPSA) is 17.1 Å². The van der Waals surface area contributed by atoms with Crippen molar-refractivity contribution in [2.75, 3.05) is 0 Å². The zero-order valence-electron chi connectivity index (χ0n) is 19.3. The smallest absolute Gasteiger partial charge is 0.155 e. The van der Waals surface area contributed by atoms with Crippen LogP contribution >= 0.6 is 0 Å². The molecule has 3 rings (SSSR count). The van der Waals surface area contributed by atoms with Gasteiger partial charge >= 0.3 is 0 Å². The number of fused-ring (bicyclic) bond motifs is 1. The minimum absolute atomic E-state index is 0. The maximum Gasteiger partial charge on any atom is 0.155 e. The molecule has 5 atom stereocenters. The van der Waals surface area contributed by atoms with E-state index in [1.807, 2.05) is 0 Å². The van der Waals surface area contributed by atoms with Crippen molar-refractivity contribution in [1.29, 1.82) is 0 Å². The average molecular weight is 403 g/mol. The summed E-state index contributed by atoms with van der Waals surface area (Å²) in [7, 11) is 0. The van der Waals surface area contributed by atoms with Crippen molar-refractivity contribution in [2.24, 2.45) is 34.0 Å². The minimum Gasteiger partial charge on any atom is -0.295 e. The molecule has 0 amide bonds. The van der Waals surface area contributed by atoms with Gasteiger partial charge in [-0.1, -0.05) is 67.4 Å². The molecular formula is C28H50O. The summed E-state index contributed by atoms with van der Waals surface area (Å²) in [6.45, 7) is 13.9. The molecule has 168 valence electrons. The highest BCUT2D eigenvalue weighted by Crippen LogP contribution is 2.61. The second-order valence-corrected chi connectivity index (χ2v) is 11.8. The molecule has 3 aliphatic rings. The number of rotatable bonds is 8. The van der Waals surface area contributed by atoms with Crippen molar-refractivity contribution in [3.05, 3.63) is 12.7 Å². The SMILES string of the molecule is C.C=CC(=O)CCCC1CCC2C(CCC3(C)CCCCC3(C)C)CCCC12C. The van der Waals surface area contributed by atoms with Crippen LogP contribution in [0.1, 0.15) is 125 Å². The first-order valence-corrected chi connectivity index (χ1v) is 12.4. The van der Waals surface area contributed by atoms with Gasteiger partial charge in [0.25, 0.3) is 0 Å². The molecule has 0 aromatic heterocycles. The molecule has 0 saturated heterocycles. The predicted molar refractivity (Wildman–Crippen MR) is 127 cm³/mol. The van der Waals surface area contributed by atoms with Crippen LogP contribution in [0.5, 0.6) is 0 Å². The van der Waals surface area contributed by atoms with E-state index < -0.39 is 0 Å². The highest BCUT2D eigenvalue weighted by atomic mass is 16.1. The quantitative estimate of drug-likeness (QED) is 0.371. The van der Waals surface area contributed by atoms with Gasteiger partial charge < -0.3 is 0 Å². The molecule has 0 aliphatic heterocycles. The van der Waals surface area contributed by atoms with Crippen molar-refractivity contribution >= 4 is 5.78 Å². The van der Waals surface area contributed by atoms with Crippen LogP contribution in [-0.4, -0.2) is 5.78 Å². The third-order valence-electron chi connectivity index (χ3n) is 10.1. The van der Waals surface area contributed by atoms with Crippen molar-refractivity contribution in [3.63, 3.8) is 0 Å². The van der Waals surface area contributed by atoms with Crippen LogP contribution < -0.4 is 0 Å². The number of allylic oxidation sites excluding steroid dienone is 1. The molecule has 29 heavy (non-hydrogen) atoms. The molecule has 1 nitrogen and oxygen atoms in total. The van der Waals surface area contributed by atoms with Gasteiger partial charge in [0.2, 0.25) is 0 Å². The summed E-state index contributed by atoms with van der Waals surface area (Å²) >= 11 is 0. The summed E-state index contributed by atoms with van der Waals surface area (Å²) in [6.07, 6.45) is 20.3.